The maximum Gasteiger partial charge on any atom is 0.431 e. The van der Waals surface area contributed by atoms with Crippen LogP contribution in [-0.2, 0) is 22.9 Å². The molecule has 0 N–H and O–H groups in total. The van der Waals surface area contributed by atoms with Gasteiger partial charge in [-0.1, -0.05) is 18.9 Å². The Hall–Kier alpha value is -3.93. The van der Waals surface area contributed by atoms with Crippen LogP contribution in [0.3, 0.4) is 0 Å². The number of nitrogens with zero attached hydrogens (tertiary/aromatic N) is 3. The van der Waals surface area contributed by atoms with Crippen molar-refractivity contribution in [3.63, 3.8) is 0 Å². The summed E-state index contributed by atoms with van der Waals surface area (Å²) in [5.74, 6) is -0.0557. The summed E-state index contributed by atoms with van der Waals surface area (Å²) < 4.78 is 46.6. The Bertz CT molecular complexity index is 1710. The zero-order valence-corrected chi connectivity index (χ0v) is 22.1. The second kappa shape index (κ2) is 9.99. The van der Waals surface area contributed by atoms with E-state index in [9.17, 15) is 27.6 Å². The number of hydrogen-bond acceptors (Lipinski definition) is 7. The molecule has 0 spiro atoms. The number of carbonyl (C=O) groups excluding carboxylic acids is 1. The van der Waals surface area contributed by atoms with Crippen molar-refractivity contribution in [1.29, 1.82) is 0 Å². The molecule has 0 saturated heterocycles. The molecule has 8 nitrogen and oxygen atoms in total. The van der Waals surface area contributed by atoms with E-state index in [2.05, 4.69) is 0 Å². The van der Waals surface area contributed by atoms with E-state index in [1.165, 1.54) is 24.5 Å². The largest absolute Gasteiger partial charge is 0.431 e. The van der Waals surface area contributed by atoms with E-state index in [-0.39, 0.29) is 11.6 Å². The van der Waals surface area contributed by atoms with Gasteiger partial charge in [0.15, 0.2) is 5.75 Å². The molecule has 1 saturated carbocycles. The quantitative estimate of drug-likeness (QED) is 0.232. The minimum Gasteiger partial charge on any atom is -0.292 e. The van der Waals surface area contributed by atoms with Crippen LogP contribution in [0.1, 0.15) is 55.3 Å². The summed E-state index contributed by atoms with van der Waals surface area (Å²) in [6.07, 6.45) is -0.956. The number of benzene rings is 2. The van der Waals surface area contributed by atoms with Gasteiger partial charge in [0.2, 0.25) is 0 Å². The van der Waals surface area contributed by atoms with Gasteiger partial charge in [0.25, 0.3) is 5.56 Å². The molecular weight excluding hydrogens is 535 g/mol. The number of aryl methyl sites for hydroxylation is 1. The van der Waals surface area contributed by atoms with Crippen molar-refractivity contribution in [3.05, 3.63) is 74.1 Å². The number of aromatic nitrogens is 3. The lowest BCUT2D eigenvalue weighted by Crippen LogP contribution is -2.40. The van der Waals surface area contributed by atoms with E-state index < -0.39 is 29.1 Å². The normalized spacial score (nSPS) is 14.2. The van der Waals surface area contributed by atoms with Crippen LogP contribution in [0.4, 0.5) is 13.2 Å². The molecule has 4 aromatic rings. The van der Waals surface area contributed by atoms with E-state index in [1.807, 2.05) is 13.0 Å². The van der Waals surface area contributed by atoms with Crippen molar-refractivity contribution >= 4 is 27.6 Å². The standard InChI is InChI=1S/C27H24F3N3O5S/c1-14-8-10-19(38-37-15(2)34)24(16-6-4-5-7-16)23(14)25-18-12-17(9-11-20(18)39-31-25)33-22(35)13-21(27(28,29)30)32(3)26(33)36/h8-13,16H,4-7H2,1-3H3. The Balaban J connectivity index is 1.72. The van der Waals surface area contributed by atoms with Crippen LogP contribution in [0.5, 0.6) is 5.75 Å². The molecule has 39 heavy (non-hydrogen) atoms. The van der Waals surface area contributed by atoms with Crippen LogP contribution in [-0.4, -0.2) is 19.5 Å². The van der Waals surface area contributed by atoms with Gasteiger partial charge in [0, 0.05) is 36.6 Å². The number of rotatable bonds is 5. The van der Waals surface area contributed by atoms with E-state index in [0.29, 0.717) is 32.0 Å². The van der Waals surface area contributed by atoms with Gasteiger partial charge in [-0.2, -0.15) is 17.5 Å². The Morgan fingerprint density at radius 1 is 1.10 bits per heavy atom. The van der Waals surface area contributed by atoms with Crippen LogP contribution in [0, 0.1) is 6.92 Å². The highest BCUT2D eigenvalue weighted by Crippen LogP contribution is 2.47. The minimum atomic E-state index is -4.85. The predicted molar refractivity (Wildman–Crippen MR) is 139 cm³/mol. The van der Waals surface area contributed by atoms with Gasteiger partial charge in [0.1, 0.15) is 5.69 Å². The maximum atomic E-state index is 13.3. The first kappa shape index (κ1) is 26.7. The summed E-state index contributed by atoms with van der Waals surface area (Å²) in [6.45, 7) is 3.17. The number of hydrogen-bond donors (Lipinski definition) is 0. The Labute approximate surface area is 224 Å². The molecule has 0 amide bonds. The van der Waals surface area contributed by atoms with Crippen molar-refractivity contribution in [3.8, 4) is 22.7 Å². The number of fused-ring (bicyclic) bond motifs is 1. The van der Waals surface area contributed by atoms with Gasteiger partial charge in [-0.15, -0.1) is 0 Å². The Morgan fingerprint density at radius 2 is 1.82 bits per heavy atom. The first-order valence-corrected chi connectivity index (χ1v) is 13.0. The van der Waals surface area contributed by atoms with Crippen molar-refractivity contribution in [2.45, 2.75) is 51.6 Å². The van der Waals surface area contributed by atoms with Crippen LogP contribution in [0.2, 0.25) is 0 Å². The van der Waals surface area contributed by atoms with Gasteiger partial charge in [-0.25, -0.2) is 14.2 Å². The minimum absolute atomic E-state index is 0.121. The summed E-state index contributed by atoms with van der Waals surface area (Å²) >= 11 is 1.22. The van der Waals surface area contributed by atoms with E-state index in [4.69, 9.17) is 14.1 Å². The highest BCUT2D eigenvalue weighted by Gasteiger charge is 2.35. The van der Waals surface area contributed by atoms with E-state index in [1.54, 1.807) is 18.2 Å². The van der Waals surface area contributed by atoms with E-state index >= 15 is 0 Å². The van der Waals surface area contributed by atoms with Crippen molar-refractivity contribution in [2.75, 3.05) is 0 Å². The zero-order chi connectivity index (χ0) is 28.1. The van der Waals surface area contributed by atoms with Crippen LogP contribution >= 0.6 is 11.5 Å². The molecule has 1 fully saturated rings. The van der Waals surface area contributed by atoms with Gasteiger partial charge in [-0.05, 0) is 67.0 Å². The van der Waals surface area contributed by atoms with Gasteiger partial charge < -0.3 is 0 Å². The second-order valence-corrected chi connectivity index (χ2v) is 10.4. The highest BCUT2D eigenvalue weighted by atomic mass is 32.1. The molecule has 1 aliphatic carbocycles. The molecule has 2 aromatic heterocycles. The maximum absolute atomic E-state index is 13.3. The summed E-state index contributed by atoms with van der Waals surface area (Å²) in [5.41, 5.74) is -0.275. The molecule has 0 radical (unpaired) electrons. The smallest absolute Gasteiger partial charge is 0.292 e. The van der Waals surface area contributed by atoms with Crippen molar-refractivity contribution in [1.82, 2.24) is 13.5 Å². The molecule has 204 valence electrons. The Kier molecular flexibility index (Phi) is 6.83. The molecule has 5 rings (SSSR count). The topological polar surface area (TPSA) is 92.4 Å². The van der Waals surface area contributed by atoms with Gasteiger partial charge >= 0.3 is 17.8 Å². The fraction of sp³-hybridized carbons (Fsp3) is 0.333. The molecule has 1 aliphatic rings. The summed E-state index contributed by atoms with van der Waals surface area (Å²) in [5, 5.41) is 0.623. The number of halogens is 3. The van der Waals surface area contributed by atoms with Gasteiger partial charge in [0.05, 0.1) is 16.1 Å². The average molecular weight is 560 g/mol. The third-order valence-corrected chi connectivity index (χ3v) is 7.81. The number of carbonyl (C=O) groups is 1. The van der Waals surface area contributed by atoms with Crippen LogP contribution in [0.15, 0.2) is 46.0 Å². The average Bonchev–Trinajstić information content (AvgIpc) is 3.55. The third kappa shape index (κ3) is 4.84. The number of alkyl halides is 3. The first-order valence-electron chi connectivity index (χ1n) is 12.3. The molecule has 12 heteroatoms. The molecule has 0 bridgehead atoms. The lowest BCUT2D eigenvalue weighted by atomic mass is 9.87. The second-order valence-electron chi connectivity index (χ2n) is 9.56. The fourth-order valence-corrected chi connectivity index (χ4v) is 5.96. The summed E-state index contributed by atoms with van der Waals surface area (Å²) in [7, 11) is 0.975. The molecule has 0 aliphatic heterocycles. The fourth-order valence-electron chi connectivity index (χ4n) is 5.20. The third-order valence-electron chi connectivity index (χ3n) is 6.99. The lowest BCUT2D eigenvalue weighted by molar-refractivity contribution is -0.211. The molecule has 2 aromatic carbocycles. The first-order chi connectivity index (χ1) is 18.5. The van der Waals surface area contributed by atoms with E-state index in [0.717, 1.165) is 54.1 Å². The summed E-state index contributed by atoms with van der Waals surface area (Å²) in [6, 6.07) is 8.77. The van der Waals surface area contributed by atoms with Crippen molar-refractivity contribution in [2.24, 2.45) is 7.05 Å². The monoisotopic (exact) mass is 559 g/mol. The molecular formula is C27H24F3N3O5S. The van der Waals surface area contributed by atoms with Crippen molar-refractivity contribution < 1.29 is 27.7 Å². The molecule has 0 atom stereocenters. The van der Waals surface area contributed by atoms with Crippen LogP contribution < -0.4 is 16.1 Å². The lowest BCUT2D eigenvalue weighted by Gasteiger charge is -2.20. The summed E-state index contributed by atoms with van der Waals surface area (Å²) in [4.78, 5) is 47.4. The molecule has 0 unspecified atom stereocenters. The van der Waals surface area contributed by atoms with Crippen LogP contribution in [0.25, 0.3) is 27.0 Å². The Morgan fingerprint density at radius 3 is 2.49 bits per heavy atom. The molecule has 2 heterocycles. The zero-order valence-electron chi connectivity index (χ0n) is 21.3. The highest BCUT2D eigenvalue weighted by molar-refractivity contribution is 7.13. The van der Waals surface area contributed by atoms with Gasteiger partial charge in [-0.3, -0.25) is 19.1 Å². The SMILES string of the molecule is CC(=O)OOc1ccc(C)c(-c2nsc3ccc(-n4c(=O)cc(C(F)(F)F)n(C)c4=O)cc23)c1C1CCCC1. The predicted octanol–water partition coefficient (Wildman–Crippen LogP) is 5.65.